The van der Waals surface area contributed by atoms with Crippen molar-refractivity contribution in [3.8, 4) is 0 Å². The average molecular weight is 188 g/mol. The van der Waals surface area contributed by atoms with Crippen molar-refractivity contribution in [2.75, 3.05) is 6.54 Å². The Balaban J connectivity index is 2.39. The molecule has 0 atom stereocenters. The van der Waals surface area contributed by atoms with Crippen LogP contribution in [-0.2, 0) is 0 Å². The molecular weight excluding hydrogens is 172 g/mol. The van der Waals surface area contributed by atoms with Gasteiger partial charge >= 0.3 is 0 Å². The van der Waals surface area contributed by atoms with E-state index < -0.39 is 0 Å². The fourth-order valence-electron chi connectivity index (χ4n) is 2.04. The molecule has 0 aromatic heterocycles. The highest BCUT2D eigenvalue weighted by atomic mass is 15.2. The Hall–Kier alpha value is -1.31. The Labute approximate surface area is 85.3 Å². The van der Waals surface area contributed by atoms with Crippen LogP contribution in [0.2, 0.25) is 0 Å². The second-order valence-corrected chi connectivity index (χ2v) is 4.06. The maximum atomic E-state index is 4.12. The number of allylic oxidation sites excluding steroid dienone is 3. The number of nitrogens with zero attached hydrogens (tertiary/aromatic N) is 2. The van der Waals surface area contributed by atoms with Gasteiger partial charge in [-0.3, -0.25) is 0 Å². The van der Waals surface area contributed by atoms with E-state index in [1.165, 1.54) is 16.8 Å². The summed E-state index contributed by atoms with van der Waals surface area (Å²) in [5.74, 6) is 0.608. The van der Waals surface area contributed by atoms with Crippen molar-refractivity contribution in [1.29, 1.82) is 0 Å². The fourth-order valence-corrected chi connectivity index (χ4v) is 2.04. The molecule has 2 rings (SSSR count). The number of fused-ring (bicyclic) bond motifs is 1. The molecule has 2 aliphatic rings. The Morgan fingerprint density at radius 3 is 2.93 bits per heavy atom. The van der Waals surface area contributed by atoms with Gasteiger partial charge in [-0.1, -0.05) is 19.9 Å². The molecule has 0 aromatic rings. The maximum Gasteiger partial charge on any atom is 0.0952 e. The van der Waals surface area contributed by atoms with Crippen LogP contribution in [-0.4, -0.2) is 17.8 Å². The minimum atomic E-state index is 0.608. The van der Waals surface area contributed by atoms with E-state index in [1.807, 2.05) is 12.5 Å². The summed E-state index contributed by atoms with van der Waals surface area (Å²) >= 11 is 0. The van der Waals surface area contributed by atoms with E-state index in [-0.39, 0.29) is 0 Å². The zero-order valence-electron chi connectivity index (χ0n) is 8.99. The largest absolute Gasteiger partial charge is 0.328 e. The maximum absolute atomic E-state index is 4.12. The van der Waals surface area contributed by atoms with Gasteiger partial charge in [-0.25, -0.2) is 4.99 Å². The first-order valence-corrected chi connectivity index (χ1v) is 5.08. The van der Waals surface area contributed by atoms with Gasteiger partial charge in [0.2, 0.25) is 0 Å². The van der Waals surface area contributed by atoms with Crippen LogP contribution in [0.25, 0.3) is 0 Å². The van der Waals surface area contributed by atoms with E-state index in [0.29, 0.717) is 5.92 Å². The van der Waals surface area contributed by atoms with E-state index in [1.54, 1.807) is 0 Å². The first-order chi connectivity index (χ1) is 6.70. The highest BCUT2D eigenvalue weighted by Gasteiger charge is 2.18. The van der Waals surface area contributed by atoms with Crippen LogP contribution in [0.5, 0.6) is 0 Å². The molecule has 0 bridgehead atoms. The normalized spacial score (nSPS) is 20.3. The lowest BCUT2D eigenvalue weighted by molar-refractivity contribution is 0.567. The first kappa shape index (κ1) is 9.25. The summed E-state index contributed by atoms with van der Waals surface area (Å²) < 4.78 is 0. The number of rotatable bonds is 1. The van der Waals surface area contributed by atoms with Crippen LogP contribution in [0.4, 0.5) is 0 Å². The summed E-state index contributed by atoms with van der Waals surface area (Å²) in [6, 6.07) is 0. The van der Waals surface area contributed by atoms with Gasteiger partial charge in [-0.2, -0.15) is 0 Å². The Morgan fingerprint density at radius 1 is 1.43 bits per heavy atom. The minimum absolute atomic E-state index is 0.608. The summed E-state index contributed by atoms with van der Waals surface area (Å²) in [4.78, 5) is 6.30. The smallest absolute Gasteiger partial charge is 0.0952 e. The summed E-state index contributed by atoms with van der Waals surface area (Å²) in [6.07, 6.45) is 8.14. The van der Waals surface area contributed by atoms with Crippen LogP contribution in [0.3, 0.4) is 0 Å². The van der Waals surface area contributed by atoms with Gasteiger partial charge in [-0.05, 0) is 30.1 Å². The van der Waals surface area contributed by atoms with Crippen molar-refractivity contribution in [2.24, 2.45) is 10.9 Å². The number of hydrogen-bond donors (Lipinski definition) is 0. The molecule has 2 heterocycles. The lowest BCUT2D eigenvalue weighted by atomic mass is 9.91. The van der Waals surface area contributed by atoms with Crippen LogP contribution in [0.1, 0.15) is 20.8 Å². The predicted octanol–water partition coefficient (Wildman–Crippen LogP) is 2.71. The molecule has 0 saturated carbocycles. The molecule has 0 unspecified atom stereocenters. The van der Waals surface area contributed by atoms with Gasteiger partial charge in [0.25, 0.3) is 0 Å². The SMILES string of the molecule is CC1=C2C=CN=CN2CC=C1C(C)C. The van der Waals surface area contributed by atoms with E-state index in [0.717, 1.165) is 6.54 Å². The van der Waals surface area contributed by atoms with Gasteiger partial charge in [-0.15, -0.1) is 0 Å². The Morgan fingerprint density at radius 2 is 2.21 bits per heavy atom. The molecule has 0 spiro atoms. The van der Waals surface area contributed by atoms with E-state index in [2.05, 4.69) is 42.8 Å². The highest BCUT2D eigenvalue weighted by Crippen LogP contribution is 2.28. The second-order valence-electron chi connectivity index (χ2n) is 4.06. The van der Waals surface area contributed by atoms with E-state index in [9.17, 15) is 0 Å². The fraction of sp³-hybridized carbons (Fsp3) is 0.417. The van der Waals surface area contributed by atoms with Crippen molar-refractivity contribution in [1.82, 2.24) is 4.90 Å². The monoisotopic (exact) mass is 188 g/mol. The van der Waals surface area contributed by atoms with Gasteiger partial charge < -0.3 is 4.90 Å². The molecule has 2 nitrogen and oxygen atoms in total. The molecule has 74 valence electrons. The average Bonchev–Trinajstić information content (AvgIpc) is 2.18. The molecule has 14 heavy (non-hydrogen) atoms. The summed E-state index contributed by atoms with van der Waals surface area (Å²) in [5, 5.41) is 0. The molecule has 0 aromatic carbocycles. The Bertz CT molecular complexity index is 357. The third-order valence-electron chi connectivity index (χ3n) is 2.78. The molecule has 0 amide bonds. The van der Waals surface area contributed by atoms with Gasteiger partial charge in [0.1, 0.15) is 0 Å². The van der Waals surface area contributed by atoms with E-state index >= 15 is 0 Å². The number of hydrogen-bond acceptors (Lipinski definition) is 2. The Kier molecular flexibility index (Phi) is 2.28. The third-order valence-corrected chi connectivity index (χ3v) is 2.78. The van der Waals surface area contributed by atoms with Gasteiger partial charge in [0.05, 0.1) is 6.34 Å². The number of aliphatic imine (C=N–C) groups is 1. The minimum Gasteiger partial charge on any atom is -0.328 e. The summed E-state index contributed by atoms with van der Waals surface area (Å²) in [6.45, 7) is 7.63. The van der Waals surface area contributed by atoms with Crippen molar-refractivity contribution in [3.63, 3.8) is 0 Å². The molecule has 0 saturated heterocycles. The first-order valence-electron chi connectivity index (χ1n) is 5.08. The zero-order chi connectivity index (χ0) is 10.1. The van der Waals surface area contributed by atoms with Crippen molar-refractivity contribution in [2.45, 2.75) is 20.8 Å². The van der Waals surface area contributed by atoms with Gasteiger partial charge in [0, 0.05) is 18.4 Å². The standard InChI is InChI=1S/C12H16N2/c1-9(2)11-5-7-14-8-13-6-4-12(14)10(11)3/h4-6,8-9H,7H2,1-3H3. The summed E-state index contributed by atoms with van der Waals surface area (Å²) in [7, 11) is 0. The zero-order valence-corrected chi connectivity index (χ0v) is 8.99. The van der Waals surface area contributed by atoms with Crippen LogP contribution >= 0.6 is 0 Å². The quantitative estimate of drug-likeness (QED) is 0.617. The van der Waals surface area contributed by atoms with Crippen LogP contribution in [0, 0.1) is 5.92 Å². The molecular formula is C12H16N2. The molecule has 2 heteroatoms. The van der Waals surface area contributed by atoms with Gasteiger partial charge in [0.15, 0.2) is 0 Å². The van der Waals surface area contributed by atoms with Crippen molar-refractivity contribution >= 4 is 6.34 Å². The molecule has 2 aliphatic heterocycles. The second kappa shape index (κ2) is 3.45. The molecule has 0 aliphatic carbocycles. The molecule has 0 N–H and O–H groups in total. The van der Waals surface area contributed by atoms with Crippen LogP contribution in [0.15, 0.2) is 40.2 Å². The van der Waals surface area contributed by atoms with Crippen LogP contribution < -0.4 is 0 Å². The third kappa shape index (κ3) is 1.41. The lowest BCUT2D eigenvalue weighted by Gasteiger charge is -2.30. The highest BCUT2D eigenvalue weighted by molar-refractivity contribution is 5.65. The molecule has 0 fully saturated rings. The predicted molar refractivity (Wildman–Crippen MR) is 60.0 cm³/mol. The van der Waals surface area contributed by atoms with Crippen molar-refractivity contribution in [3.05, 3.63) is 35.2 Å². The topological polar surface area (TPSA) is 15.6 Å². The molecule has 0 radical (unpaired) electrons. The summed E-state index contributed by atoms with van der Waals surface area (Å²) in [5.41, 5.74) is 4.15. The lowest BCUT2D eigenvalue weighted by Crippen LogP contribution is -2.27. The van der Waals surface area contributed by atoms with Crippen molar-refractivity contribution < 1.29 is 0 Å². The van der Waals surface area contributed by atoms with E-state index in [4.69, 9.17) is 0 Å².